The van der Waals surface area contributed by atoms with Crippen molar-refractivity contribution < 1.29 is 0 Å². The first-order chi connectivity index (χ1) is 11.2. The number of rotatable bonds is 3. The van der Waals surface area contributed by atoms with Gasteiger partial charge in [-0.1, -0.05) is 33.1 Å². The number of fused-ring (bicyclic) bond motifs is 3. The van der Waals surface area contributed by atoms with Crippen LogP contribution >= 0.6 is 0 Å². The van der Waals surface area contributed by atoms with Gasteiger partial charge >= 0.3 is 0 Å². The van der Waals surface area contributed by atoms with Crippen molar-refractivity contribution in [3.8, 4) is 11.3 Å². The van der Waals surface area contributed by atoms with Gasteiger partial charge in [0.1, 0.15) is 0 Å². The lowest BCUT2D eigenvalue weighted by molar-refractivity contribution is 0.287. The van der Waals surface area contributed by atoms with E-state index in [-0.39, 0.29) is 0 Å². The smallest absolute Gasteiger partial charge is 0.0928 e. The van der Waals surface area contributed by atoms with E-state index in [0.29, 0.717) is 0 Å². The maximum atomic E-state index is 4.65. The Morgan fingerprint density at radius 3 is 2.74 bits per heavy atom. The van der Waals surface area contributed by atoms with E-state index in [1.54, 1.807) is 11.1 Å². The highest BCUT2D eigenvalue weighted by Gasteiger charge is 2.27. The average Bonchev–Trinajstić information content (AvgIpc) is 2.95. The Hall–Kier alpha value is -1.31. The van der Waals surface area contributed by atoms with Crippen molar-refractivity contribution in [2.24, 2.45) is 17.8 Å². The van der Waals surface area contributed by atoms with Crippen LogP contribution in [-0.4, -0.2) is 9.97 Å². The molecule has 2 heteroatoms. The van der Waals surface area contributed by atoms with Crippen LogP contribution in [0.4, 0.5) is 0 Å². The molecule has 1 heterocycles. The summed E-state index contributed by atoms with van der Waals surface area (Å²) in [5.41, 5.74) is 7.39. The minimum absolute atomic E-state index is 0.866. The first-order valence-corrected chi connectivity index (χ1v) is 9.71. The Kier molecular flexibility index (Phi) is 4.17. The lowest BCUT2D eigenvalue weighted by Crippen LogP contribution is -2.16. The van der Waals surface area contributed by atoms with Gasteiger partial charge in [0.15, 0.2) is 0 Å². The molecule has 1 fully saturated rings. The number of nitrogens with one attached hydrogen (secondary N) is 1. The molecule has 0 saturated heterocycles. The molecule has 1 atom stereocenters. The lowest BCUT2D eigenvalue weighted by atomic mass is 9.79. The van der Waals surface area contributed by atoms with Crippen molar-refractivity contribution in [1.29, 1.82) is 0 Å². The maximum absolute atomic E-state index is 4.65. The number of nitrogens with zero attached hydrogens (tertiary/aromatic N) is 1. The lowest BCUT2D eigenvalue weighted by Gasteiger charge is -2.27. The van der Waals surface area contributed by atoms with E-state index < -0.39 is 0 Å². The third-order valence-electron chi connectivity index (χ3n) is 6.52. The minimum atomic E-state index is 0.866. The van der Waals surface area contributed by atoms with E-state index in [2.05, 4.69) is 29.9 Å². The monoisotopic (exact) mass is 310 g/mol. The minimum Gasteiger partial charge on any atom is -0.349 e. The summed E-state index contributed by atoms with van der Waals surface area (Å²) in [6, 6.07) is 2.38. The highest BCUT2D eigenvalue weighted by molar-refractivity contribution is 5.73. The topological polar surface area (TPSA) is 28.7 Å². The molecule has 4 aliphatic rings. The Labute approximate surface area is 140 Å². The second-order valence-electron chi connectivity index (χ2n) is 8.14. The van der Waals surface area contributed by atoms with Gasteiger partial charge in [0.2, 0.25) is 0 Å². The first kappa shape index (κ1) is 15.2. The average molecular weight is 310 g/mol. The highest BCUT2D eigenvalue weighted by Crippen LogP contribution is 2.40. The van der Waals surface area contributed by atoms with Crippen LogP contribution in [0.1, 0.15) is 69.2 Å². The van der Waals surface area contributed by atoms with Crippen LogP contribution in [0.5, 0.6) is 0 Å². The molecule has 0 aromatic heterocycles. The summed E-state index contributed by atoms with van der Waals surface area (Å²) < 4.78 is 0. The van der Waals surface area contributed by atoms with E-state index in [0.717, 1.165) is 17.8 Å². The van der Waals surface area contributed by atoms with Crippen LogP contribution in [0.2, 0.25) is 0 Å². The largest absolute Gasteiger partial charge is 0.349 e. The second-order valence-corrected chi connectivity index (χ2v) is 8.14. The molecule has 0 amide bonds. The second kappa shape index (κ2) is 6.30. The van der Waals surface area contributed by atoms with Gasteiger partial charge in [-0.05, 0) is 73.5 Å². The Morgan fingerprint density at radius 2 is 1.96 bits per heavy atom. The van der Waals surface area contributed by atoms with Crippen LogP contribution < -0.4 is 0 Å². The summed E-state index contributed by atoms with van der Waals surface area (Å²) >= 11 is 0. The van der Waals surface area contributed by atoms with Crippen LogP contribution in [0, 0.1) is 17.8 Å². The van der Waals surface area contributed by atoms with Crippen LogP contribution in [-0.2, 0) is 19.3 Å². The standard InChI is InChI=1S/C21H30N2/c1-3-15-8-9-18-17(10-15)12-20-21(18)19(22-13-23-20)11-16-6-4-14(2)5-7-16/h12-16H,3-11H2,1-2H3,(H,22,23). The summed E-state index contributed by atoms with van der Waals surface area (Å²) in [6.07, 6.45) is 14.0. The van der Waals surface area contributed by atoms with Gasteiger partial charge in [-0.25, -0.2) is 4.98 Å². The van der Waals surface area contributed by atoms with Gasteiger partial charge in [0.05, 0.1) is 12.0 Å². The normalized spacial score (nSPS) is 28.0. The summed E-state index contributed by atoms with van der Waals surface area (Å²) in [5, 5.41) is 0. The Morgan fingerprint density at radius 1 is 1.13 bits per heavy atom. The van der Waals surface area contributed by atoms with Crippen molar-refractivity contribution in [3.63, 3.8) is 0 Å². The van der Waals surface area contributed by atoms with Crippen molar-refractivity contribution in [2.45, 2.75) is 71.6 Å². The molecule has 4 rings (SSSR count). The van der Waals surface area contributed by atoms with Crippen LogP contribution in [0.15, 0.2) is 12.4 Å². The molecule has 0 spiro atoms. The quantitative estimate of drug-likeness (QED) is 0.808. The highest BCUT2D eigenvalue weighted by atomic mass is 14.9. The predicted octanol–water partition coefficient (Wildman–Crippen LogP) is 5.40. The van der Waals surface area contributed by atoms with Crippen molar-refractivity contribution in [1.82, 2.24) is 9.97 Å². The molecule has 1 saturated carbocycles. The molecule has 3 aliphatic carbocycles. The maximum Gasteiger partial charge on any atom is 0.0928 e. The zero-order valence-electron chi connectivity index (χ0n) is 14.7. The molecule has 23 heavy (non-hydrogen) atoms. The molecule has 0 aromatic carbocycles. The summed E-state index contributed by atoms with van der Waals surface area (Å²) in [7, 11) is 0. The zero-order valence-corrected chi connectivity index (χ0v) is 14.7. The first-order valence-electron chi connectivity index (χ1n) is 9.71. The Bertz CT molecular complexity index is 634. The van der Waals surface area contributed by atoms with E-state index in [9.17, 15) is 0 Å². The van der Waals surface area contributed by atoms with Gasteiger partial charge in [0.25, 0.3) is 0 Å². The number of aromatic amines is 1. The van der Waals surface area contributed by atoms with Crippen LogP contribution in [0.3, 0.4) is 0 Å². The van der Waals surface area contributed by atoms with E-state index >= 15 is 0 Å². The number of aromatic nitrogens is 2. The van der Waals surface area contributed by atoms with E-state index in [4.69, 9.17) is 0 Å². The molecule has 1 N–H and O–H groups in total. The number of hydrogen-bond acceptors (Lipinski definition) is 1. The van der Waals surface area contributed by atoms with E-state index in [1.807, 2.05) is 6.33 Å². The molecule has 2 nitrogen and oxygen atoms in total. The summed E-state index contributed by atoms with van der Waals surface area (Å²) in [6.45, 7) is 4.74. The van der Waals surface area contributed by atoms with Gasteiger partial charge in [0, 0.05) is 11.3 Å². The van der Waals surface area contributed by atoms with Crippen LogP contribution in [0.25, 0.3) is 11.3 Å². The zero-order chi connectivity index (χ0) is 15.8. The van der Waals surface area contributed by atoms with Crippen molar-refractivity contribution in [2.75, 3.05) is 0 Å². The number of H-pyrrole nitrogens is 1. The van der Waals surface area contributed by atoms with Gasteiger partial charge < -0.3 is 4.98 Å². The fourth-order valence-corrected chi connectivity index (χ4v) is 4.89. The number of hydrogen-bond donors (Lipinski definition) is 1. The fourth-order valence-electron chi connectivity index (χ4n) is 4.89. The molecule has 124 valence electrons. The molecule has 0 radical (unpaired) electrons. The molecule has 0 aromatic rings. The third kappa shape index (κ3) is 2.93. The van der Waals surface area contributed by atoms with Crippen molar-refractivity contribution >= 4 is 0 Å². The van der Waals surface area contributed by atoms with E-state index in [1.165, 1.54) is 74.7 Å². The fraction of sp³-hybridized carbons (Fsp3) is 0.667. The van der Waals surface area contributed by atoms with Gasteiger partial charge in [-0.3, -0.25) is 0 Å². The SMILES string of the molecule is CCC1CCc2c(cc3nc[nH]c(CC4CCC(C)CC4)c2-3)C1. The van der Waals surface area contributed by atoms with Gasteiger partial charge in [-0.2, -0.15) is 0 Å². The van der Waals surface area contributed by atoms with Crippen molar-refractivity contribution in [3.05, 3.63) is 29.2 Å². The predicted molar refractivity (Wildman–Crippen MR) is 95.8 cm³/mol. The molecule has 0 bridgehead atoms. The molecular weight excluding hydrogens is 280 g/mol. The third-order valence-corrected chi connectivity index (χ3v) is 6.52. The molecule has 1 unspecified atom stereocenters. The Balaban J connectivity index is 1.62. The molecular formula is C21H30N2. The molecule has 1 aliphatic heterocycles. The summed E-state index contributed by atoms with van der Waals surface area (Å²) in [5.74, 6) is 2.68. The summed E-state index contributed by atoms with van der Waals surface area (Å²) in [4.78, 5) is 8.17. The van der Waals surface area contributed by atoms with Gasteiger partial charge in [-0.15, -0.1) is 0 Å².